The molecule has 0 aromatic heterocycles. The molecule has 1 amide bonds. The molecule has 1 aromatic rings. The fourth-order valence-electron chi connectivity index (χ4n) is 4.01. The highest BCUT2D eigenvalue weighted by Crippen LogP contribution is 2.22. The van der Waals surface area contributed by atoms with Crippen LogP contribution >= 0.6 is 0 Å². The van der Waals surface area contributed by atoms with Gasteiger partial charge in [-0.25, -0.2) is 8.42 Å². The lowest BCUT2D eigenvalue weighted by atomic mass is 10.2. The lowest BCUT2D eigenvalue weighted by Crippen LogP contribution is -2.48. The first-order valence-corrected chi connectivity index (χ1v) is 11.7. The van der Waals surface area contributed by atoms with Crippen molar-refractivity contribution in [1.29, 1.82) is 0 Å². The van der Waals surface area contributed by atoms with Crippen molar-refractivity contribution in [3.8, 4) is 0 Å². The summed E-state index contributed by atoms with van der Waals surface area (Å²) in [5.74, 6) is -0.313. The van der Waals surface area contributed by atoms with Crippen LogP contribution in [0.1, 0.15) is 30.6 Å². The molecular weight excluding hydrogens is 435 g/mol. The third-order valence-corrected chi connectivity index (χ3v) is 7.25. The van der Waals surface area contributed by atoms with E-state index >= 15 is 0 Å². The van der Waals surface area contributed by atoms with Crippen LogP contribution in [-0.2, 0) is 14.8 Å². The van der Waals surface area contributed by atoms with E-state index in [-0.39, 0.29) is 55.7 Å². The molecule has 0 radical (unpaired) electrons. The molecule has 11 heteroatoms. The van der Waals surface area contributed by atoms with Gasteiger partial charge in [-0.1, -0.05) is 0 Å². The highest BCUT2D eigenvalue weighted by molar-refractivity contribution is 7.89. The summed E-state index contributed by atoms with van der Waals surface area (Å²) in [7, 11) is -3.71. The standard InChI is InChI=1S/C20H28F3N3O4S/c1-15-12-26(13-16(2)30-15)31(28,29)18-6-4-17(5-7-18)19(27)25-9-3-8-24(10-11-25)14-20(21,22)23/h4-7,15-16H,3,8-14H2,1-2H3. The molecule has 2 saturated heterocycles. The molecule has 174 valence electrons. The van der Waals surface area contributed by atoms with Gasteiger partial charge in [0.25, 0.3) is 5.91 Å². The zero-order valence-corrected chi connectivity index (χ0v) is 18.5. The number of hydrogen-bond donors (Lipinski definition) is 0. The van der Waals surface area contributed by atoms with Gasteiger partial charge in [-0.2, -0.15) is 17.5 Å². The number of benzene rings is 1. The highest BCUT2D eigenvalue weighted by atomic mass is 32.2. The number of amides is 1. The van der Waals surface area contributed by atoms with Gasteiger partial charge < -0.3 is 9.64 Å². The molecule has 3 rings (SSSR count). The lowest BCUT2D eigenvalue weighted by molar-refractivity contribution is -0.145. The van der Waals surface area contributed by atoms with Crippen molar-refractivity contribution in [3.63, 3.8) is 0 Å². The van der Waals surface area contributed by atoms with Crippen LogP contribution in [0.2, 0.25) is 0 Å². The van der Waals surface area contributed by atoms with E-state index in [0.29, 0.717) is 18.5 Å². The molecule has 2 atom stereocenters. The Labute approximate surface area is 180 Å². The van der Waals surface area contributed by atoms with Crippen molar-refractivity contribution in [1.82, 2.24) is 14.1 Å². The average Bonchev–Trinajstić information content (AvgIpc) is 2.91. The number of hydrogen-bond acceptors (Lipinski definition) is 5. The molecule has 0 aliphatic carbocycles. The number of morpholine rings is 1. The SMILES string of the molecule is CC1CN(S(=O)(=O)c2ccc(C(=O)N3CCCN(CC(F)(F)F)CC3)cc2)CC(C)O1. The van der Waals surface area contributed by atoms with Gasteiger partial charge >= 0.3 is 6.18 Å². The van der Waals surface area contributed by atoms with Gasteiger partial charge in [-0.3, -0.25) is 9.69 Å². The van der Waals surface area contributed by atoms with E-state index in [2.05, 4.69) is 0 Å². The summed E-state index contributed by atoms with van der Waals surface area (Å²) in [6.07, 6.45) is -4.24. The predicted molar refractivity (Wildman–Crippen MR) is 108 cm³/mol. The summed E-state index contributed by atoms with van der Waals surface area (Å²) in [6.45, 7) is 4.14. The molecule has 2 aliphatic rings. The Hall–Kier alpha value is -1.69. The molecule has 1 aromatic carbocycles. The van der Waals surface area contributed by atoms with Crippen LogP contribution in [0.5, 0.6) is 0 Å². The number of nitrogens with zero attached hydrogens (tertiary/aromatic N) is 3. The second-order valence-electron chi connectivity index (χ2n) is 8.14. The second-order valence-corrected chi connectivity index (χ2v) is 10.1. The van der Waals surface area contributed by atoms with Gasteiger partial charge in [-0.05, 0) is 44.5 Å². The Morgan fingerprint density at radius 1 is 1.03 bits per heavy atom. The molecule has 0 saturated carbocycles. The molecule has 0 N–H and O–H groups in total. The van der Waals surface area contributed by atoms with E-state index in [4.69, 9.17) is 4.74 Å². The predicted octanol–water partition coefficient (Wildman–Crippen LogP) is 2.19. The molecule has 31 heavy (non-hydrogen) atoms. The third-order valence-electron chi connectivity index (χ3n) is 5.40. The second kappa shape index (κ2) is 9.43. The van der Waals surface area contributed by atoms with Crippen molar-refractivity contribution in [2.24, 2.45) is 0 Å². The van der Waals surface area contributed by atoms with E-state index in [1.165, 1.54) is 38.4 Å². The number of rotatable bonds is 4. The topological polar surface area (TPSA) is 70.2 Å². The summed E-state index contributed by atoms with van der Waals surface area (Å²) in [5, 5.41) is 0. The van der Waals surface area contributed by atoms with Crippen LogP contribution < -0.4 is 0 Å². The maximum atomic E-state index is 12.9. The van der Waals surface area contributed by atoms with Crippen molar-refractivity contribution >= 4 is 15.9 Å². The normalized spacial score (nSPS) is 24.7. The van der Waals surface area contributed by atoms with Crippen LogP contribution in [0.25, 0.3) is 0 Å². The minimum Gasteiger partial charge on any atom is -0.373 e. The maximum absolute atomic E-state index is 12.9. The first-order chi connectivity index (χ1) is 14.5. The van der Waals surface area contributed by atoms with Crippen LogP contribution in [-0.4, -0.2) is 92.6 Å². The quantitative estimate of drug-likeness (QED) is 0.685. The van der Waals surface area contributed by atoms with Crippen LogP contribution in [0.15, 0.2) is 29.2 Å². The Bertz CT molecular complexity index is 867. The fraction of sp³-hybridized carbons (Fsp3) is 0.650. The fourth-order valence-corrected chi connectivity index (χ4v) is 5.60. The van der Waals surface area contributed by atoms with Gasteiger partial charge in [0.15, 0.2) is 0 Å². The highest BCUT2D eigenvalue weighted by Gasteiger charge is 2.33. The summed E-state index contributed by atoms with van der Waals surface area (Å²) in [6, 6.07) is 5.73. The maximum Gasteiger partial charge on any atom is 0.401 e. The Morgan fingerprint density at radius 3 is 2.23 bits per heavy atom. The molecular formula is C20H28F3N3O4S. The molecule has 2 unspecified atom stereocenters. The van der Waals surface area contributed by atoms with Gasteiger partial charge in [0.1, 0.15) is 0 Å². The number of sulfonamides is 1. The van der Waals surface area contributed by atoms with E-state index in [9.17, 15) is 26.4 Å². The lowest BCUT2D eigenvalue weighted by Gasteiger charge is -2.34. The number of carbonyl (C=O) groups is 1. The first kappa shape index (κ1) is 24.0. The van der Waals surface area contributed by atoms with Crippen molar-refractivity contribution in [3.05, 3.63) is 29.8 Å². The number of halogens is 3. The van der Waals surface area contributed by atoms with E-state index in [1.54, 1.807) is 0 Å². The van der Waals surface area contributed by atoms with E-state index in [0.717, 1.165) is 0 Å². The first-order valence-electron chi connectivity index (χ1n) is 10.3. The molecule has 2 fully saturated rings. The van der Waals surface area contributed by atoms with Gasteiger partial charge in [0.05, 0.1) is 23.6 Å². The van der Waals surface area contributed by atoms with Crippen molar-refractivity contribution in [2.45, 2.75) is 43.5 Å². The van der Waals surface area contributed by atoms with Gasteiger partial charge in [0, 0.05) is 44.8 Å². The molecule has 0 bridgehead atoms. The molecule has 0 spiro atoms. The minimum atomic E-state index is -4.27. The Balaban J connectivity index is 1.66. The van der Waals surface area contributed by atoms with Crippen LogP contribution in [0, 0.1) is 0 Å². The number of alkyl halides is 3. The smallest absolute Gasteiger partial charge is 0.373 e. The number of ether oxygens (including phenoxy) is 1. The Morgan fingerprint density at radius 2 is 1.65 bits per heavy atom. The zero-order valence-electron chi connectivity index (χ0n) is 17.6. The van der Waals surface area contributed by atoms with Crippen molar-refractivity contribution < 1.29 is 31.1 Å². The minimum absolute atomic E-state index is 0.0950. The summed E-state index contributed by atoms with van der Waals surface area (Å²) < 4.78 is 70.7. The number of carbonyl (C=O) groups excluding carboxylic acids is 1. The van der Waals surface area contributed by atoms with Crippen LogP contribution in [0.3, 0.4) is 0 Å². The largest absolute Gasteiger partial charge is 0.401 e. The zero-order chi connectivity index (χ0) is 22.8. The summed E-state index contributed by atoms with van der Waals surface area (Å²) in [5.41, 5.74) is 0.312. The van der Waals surface area contributed by atoms with Gasteiger partial charge in [0.2, 0.25) is 10.0 Å². The van der Waals surface area contributed by atoms with Crippen molar-refractivity contribution in [2.75, 3.05) is 45.8 Å². The Kier molecular flexibility index (Phi) is 7.29. The average molecular weight is 464 g/mol. The van der Waals surface area contributed by atoms with E-state index < -0.39 is 22.7 Å². The van der Waals surface area contributed by atoms with E-state index in [1.807, 2.05) is 13.8 Å². The summed E-state index contributed by atoms with van der Waals surface area (Å²) in [4.78, 5) is 15.7. The van der Waals surface area contributed by atoms with Crippen LogP contribution in [0.4, 0.5) is 13.2 Å². The molecule has 2 heterocycles. The monoisotopic (exact) mass is 463 g/mol. The van der Waals surface area contributed by atoms with Gasteiger partial charge in [-0.15, -0.1) is 0 Å². The third kappa shape index (κ3) is 6.18. The molecule has 7 nitrogen and oxygen atoms in total. The molecule has 2 aliphatic heterocycles. The summed E-state index contributed by atoms with van der Waals surface area (Å²) >= 11 is 0.